The molecule has 0 fully saturated rings. The molecule has 4 aromatic carbocycles. The van der Waals surface area contributed by atoms with Crippen molar-refractivity contribution < 1.29 is 23.9 Å². The Kier molecular flexibility index (Phi) is 6.85. The van der Waals surface area contributed by atoms with Crippen LogP contribution in [0, 0.1) is 0 Å². The number of benzene rings is 4. The van der Waals surface area contributed by atoms with Crippen molar-refractivity contribution in [3.63, 3.8) is 0 Å². The first-order valence-corrected chi connectivity index (χ1v) is 12.0. The summed E-state index contributed by atoms with van der Waals surface area (Å²) in [6.07, 6.45) is -0.160. The molecule has 1 aliphatic rings. The van der Waals surface area contributed by atoms with Crippen molar-refractivity contribution >= 4 is 34.2 Å². The minimum absolute atomic E-state index is 0.0173. The maximum atomic E-state index is 13.2. The van der Waals surface area contributed by atoms with Gasteiger partial charge in [-0.3, -0.25) is 14.4 Å². The van der Waals surface area contributed by atoms with E-state index in [-0.39, 0.29) is 18.2 Å². The van der Waals surface area contributed by atoms with E-state index in [1.807, 2.05) is 66.7 Å². The maximum Gasteiger partial charge on any atom is 0.307 e. The summed E-state index contributed by atoms with van der Waals surface area (Å²) in [6, 6.07) is 27.3. The molecule has 2 amide bonds. The summed E-state index contributed by atoms with van der Waals surface area (Å²) in [4.78, 5) is 38.1. The van der Waals surface area contributed by atoms with Crippen molar-refractivity contribution in [1.29, 1.82) is 0 Å². The summed E-state index contributed by atoms with van der Waals surface area (Å²) in [5, 5.41) is 7.86. The van der Waals surface area contributed by atoms with E-state index in [0.717, 1.165) is 21.9 Å². The quantitative estimate of drug-likeness (QED) is 0.360. The molecule has 0 saturated carbocycles. The highest BCUT2D eigenvalue weighted by atomic mass is 16.5. The van der Waals surface area contributed by atoms with Gasteiger partial charge in [0.25, 0.3) is 11.8 Å². The molecule has 4 aromatic rings. The number of methoxy groups -OCH3 is 1. The van der Waals surface area contributed by atoms with E-state index in [9.17, 15) is 14.4 Å². The number of anilines is 1. The van der Waals surface area contributed by atoms with Crippen LogP contribution in [-0.2, 0) is 20.7 Å². The van der Waals surface area contributed by atoms with Gasteiger partial charge in [-0.2, -0.15) is 0 Å². The molecule has 5 rings (SSSR count). The van der Waals surface area contributed by atoms with Crippen LogP contribution in [0.5, 0.6) is 5.75 Å². The molecule has 0 radical (unpaired) electrons. The van der Waals surface area contributed by atoms with Crippen molar-refractivity contribution in [2.45, 2.75) is 25.0 Å². The summed E-state index contributed by atoms with van der Waals surface area (Å²) in [7, 11) is 1.32. The summed E-state index contributed by atoms with van der Waals surface area (Å²) < 4.78 is 10.6. The molecular formula is C30H26N2O5. The molecule has 186 valence electrons. The SMILES string of the molecule is COC(=O)CC(NC(=O)c1cccc(NC(=O)C2Cc3ccccc3O2)c1)c1ccc2ccccc2c1. The lowest BCUT2D eigenvalue weighted by molar-refractivity contribution is -0.141. The number of ether oxygens (including phenoxy) is 2. The first kappa shape index (κ1) is 24.1. The highest BCUT2D eigenvalue weighted by Gasteiger charge is 2.29. The zero-order valence-corrected chi connectivity index (χ0v) is 20.3. The standard InChI is InChI=1S/C30H26N2O5/c1-36-28(33)18-25(21-14-13-19-7-2-3-8-20(19)15-21)32-29(34)23-10-6-11-24(16-23)31-30(35)27-17-22-9-4-5-12-26(22)37-27/h2-16,25,27H,17-18H2,1H3,(H,31,35)(H,32,34). The third kappa shape index (κ3) is 5.46. The Morgan fingerprint density at radius 2 is 1.70 bits per heavy atom. The van der Waals surface area contributed by atoms with Crippen LogP contribution >= 0.6 is 0 Å². The smallest absolute Gasteiger partial charge is 0.307 e. The number of nitrogens with one attached hydrogen (secondary N) is 2. The van der Waals surface area contributed by atoms with E-state index in [1.165, 1.54) is 7.11 Å². The van der Waals surface area contributed by atoms with Gasteiger partial charge in [0, 0.05) is 17.7 Å². The molecule has 37 heavy (non-hydrogen) atoms. The van der Waals surface area contributed by atoms with Gasteiger partial charge in [0.2, 0.25) is 0 Å². The van der Waals surface area contributed by atoms with Crippen LogP contribution < -0.4 is 15.4 Å². The van der Waals surface area contributed by atoms with Gasteiger partial charge in [-0.25, -0.2) is 0 Å². The molecule has 2 unspecified atom stereocenters. The number of carbonyl (C=O) groups excluding carboxylic acids is 3. The molecule has 0 spiro atoms. The van der Waals surface area contributed by atoms with Crippen molar-refractivity contribution in [2.24, 2.45) is 0 Å². The zero-order valence-electron chi connectivity index (χ0n) is 20.3. The lowest BCUT2D eigenvalue weighted by Gasteiger charge is -2.19. The largest absolute Gasteiger partial charge is 0.480 e. The van der Waals surface area contributed by atoms with Gasteiger partial charge < -0.3 is 20.1 Å². The topological polar surface area (TPSA) is 93.7 Å². The average Bonchev–Trinajstić information content (AvgIpc) is 3.37. The second-order valence-electron chi connectivity index (χ2n) is 8.90. The normalized spacial score (nSPS) is 14.8. The molecule has 1 heterocycles. The number of rotatable bonds is 7. The lowest BCUT2D eigenvalue weighted by Crippen LogP contribution is -2.32. The Morgan fingerprint density at radius 1 is 0.919 bits per heavy atom. The van der Waals surface area contributed by atoms with E-state index in [2.05, 4.69) is 10.6 Å². The fourth-order valence-electron chi connectivity index (χ4n) is 4.46. The van der Waals surface area contributed by atoms with Gasteiger partial charge in [0.1, 0.15) is 5.75 Å². The van der Waals surface area contributed by atoms with Gasteiger partial charge in [-0.05, 0) is 52.2 Å². The number of carbonyl (C=O) groups is 3. The third-order valence-corrected chi connectivity index (χ3v) is 6.41. The van der Waals surface area contributed by atoms with E-state index in [1.54, 1.807) is 24.3 Å². The van der Waals surface area contributed by atoms with E-state index < -0.39 is 18.1 Å². The third-order valence-electron chi connectivity index (χ3n) is 6.41. The summed E-state index contributed by atoms with van der Waals surface area (Å²) >= 11 is 0. The fourth-order valence-corrected chi connectivity index (χ4v) is 4.46. The van der Waals surface area contributed by atoms with Gasteiger partial charge >= 0.3 is 5.97 Å². The van der Waals surface area contributed by atoms with Crippen LogP contribution in [0.15, 0.2) is 91.0 Å². The molecule has 1 aliphatic heterocycles. The Morgan fingerprint density at radius 3 is 2.51 bits per heavy atom. The predicted molar refractivity (Wildman–Crippen MR) is 140 cm³/mol. The highest BCUT2D eigenvalue weighted by Crippen LogP contribution is 2.29. The average molecular weight is 495 g/mol. The number of amides is 2. The van der Waals surface area contributed by atoms with E-state index in [0.29, 0.717) is 23.4 Å². The number of hydrogen-bond acceptors (Lipinski definition) is 5. The number of para-hydroxylation sites is 1. The number of fused-ring (bicyclic) bond motifs is 2. The van der Waals surface area contributed by atoms with Crippen LogP contribution in [0.2, 0.25) is 0 Å². The van der Waals surface area contributed by atoms with Crippen LogP contribution in [0.25, 0.3) is 10.8 Å². The molecular weight excluding hydrogens is 468 g/mol. The summed E-state index contributed by atoms with van der Waals surface area (Å²) in [6.45, 7) is 0. The lowest BCUT2D eigenvalue weighted by atomic mass is 9.99. The van der Waals surface area contributed by atoms with Crippen molar-refractivity contribution in [2.75, 3.05) is 12.4 Å². The summed E-state index contributed by atoms with van der Waals surface area (Å²) in [5.74, 6) is -0.380. The molecule has 7 nitrogen and oxygen atoms in total. The molecule has 2 N–H and O–H groups in total. The van der Waals surface area contributed by atoms with Gasteiger partial charge in [0.15, 0.2) is 6.10 Å². The Hall–Kier alpha value is -4.65. The van der Waals surface area contributed by atoms with Crippen LogP contribution in [0.4, 0.5) is 5.69 Å². The molecule has 0 bridgehead atoms. The van der Waals surface area contributed by atoms with Gasteiger partial charge in [0.05, 0.1) is 19.6 Å². The second-order valence-corrected chi connectivity index (χ2v) is 8.90. The fraction of sp³-hybridized carbons (Fsp3) is 0.167. The van der Waals surface area contributed by atoms with Crippen molar-refractivity contribution in [1.82, 2.24) is 5.32 Å². The maximum absolute atomic E-state index is 13.2. The predicted octanol–water partition coefficient (Wildman–Crippen LogP) is 4.82. The summed E-state index contributed by atoms with van der Waals surface area (Å²) in [5.41, 5.74) is 2.61. The molecule has 0 aliphatic carbocycles. The van der Waals surface area contributed by atoms with Gasteiger partial charge in [-0.15, -0.1) is 0 Å². The minimum atomic E-state index is -0.632. The van der Waals surface area contributed by atoms with Crippen molar-refractivity contribution in [3.05, 3.63) is 108 Å². The first-order valence-electron chi connectivity index (χ1n) is 12.0. The molecule has 2 atom stereocenters. The highest BCUT2D eigenvalue weighted by molar-refractivity contribution is 5.99. The number of esters is 1. The zero-order chi connectivity index (χ0) is 25.8. The van der Waals surface area contributed by atoms with E-state index in [4.69, 9.17) is 9.47 Å². The molecule has 0 aromatic heterocycles. The number of hydrogen-bond donors (Lipinski definition) is 2. The Labute approximate surface area is 214 Å². The van der Waals surface area contributed by atoms with Crippen LogP contribution in [0.3, 0.4) is 0 Å². The van der Waals surface area contributed by atoms with E-state index >= 15 is 0 Å². The first-order chi connectivity index (χ1) is 18.0. The minimum Gasteiger partial charge on any atom is -0.480 e. The van der Waals surface area contributed by atoms with Crippen molar-refractivity contribution in [3.8, 4) is 5.75 Å². The Balaban J connectivity index is 1.30. The van der Waals surface area contributed by atoms with Gasteiger partial charge in [-0.1, -0.05) is 60.7 Å². The molecule has 0 saturated heterocycles. The monoisotopic (exact) mass is 494 g/mol. The molecule has 7 heteroatoms. The van der Waals surface area contributed by atoms with Crippen LogP contribution in [-0.4, -0.2) is 31.0 Å². The van der Waals surface area contributed by atoms with Crippen LogP contribution in [0.1, 0.15) is 33.9 Å². The Bertz CT molecular complexity index is 1460. The second kappa shape index (κ2) is 10.5.